The molecule has 2 aromatic carbocycles. The lowest BCUT2D eigenvalue weighted by Crippen LogP contribution is -2.30. The molecule has 0 heterocycles. The van der Waals surface area contributed by atoms with Crippen LogP contribution in [0.5, 0.6) is 5.75 Å². The Bertz CT molecular complexity index is 655. The molecule has 0 aromatic heterocycles. The maximum Gasteiger partial charge on any atom is 0.122 e. The van der Waals surface area contributed by atoms with Crippen molar-refractivity contribution in [3.05, 3.63) is 63.2 Å². The predicted octanol–water partition coefficient (Wildman–Crippen LogP) is 3.83. The highest BCUT2D eigenvalue weighted by Gasteiger charge is 2.18. The second-order valence-corrected chi connectivity index (χ2v) is 5.72. The molecule has 0 amide bonds. The zero-order valence-corrected chi connectivity index (χ0v) is 13.6. The van der Waals surface area contributed by atoms with E-state index in [-0.39, 0.29) is 6.04 Å². The quantitative estimate of drug-likeness (QED) is 0.666. The largest absolute Gasteiger partial charge is 0.496 e. The van der Waals surface area contributed by atoms with Gasteiger partial charge in [0.1, 0.15) is 5.75 Å². The Balaban J connectivity index is 2.53. The molecule has 3 nitrogen and oxygen atoms in total. The molecule has 2 rings (SSSR count). The van der Waals surface area contributed by atoms with Gasteiger partial charge in [-0.15, -0.1) is 0 Å². The van der Waals surface area contributed by atoms with Gasteiger partial charge < -0.3 is 4.74 Å². The SMILES string of the molecule is COc1cc(C)c(C(NN)c2ccc(Cl)cc2C)cc1C. The molecule has 0 spiro atoms. The lowest BCUT2D eigenvalue weighted by Gasteiger charge is -2.22. The Kier molecular flexibility index (Phi) is 4.88. The lowest BCUT2D eigenvalue weighted by atomic mass is 9.91. The van der Waals surface area contributed by atoms with Crippen molar-refractivity contribution in [1.82, 2.24) is 5.43 Å². The topological polar surface area (TPSA) is 47.3 Å². The molecule has 0 aliphatic carbocycles. The van der Waals surface area contributed by atoms with Crippen LogP contribution in [0.2, 0.25) is 5.02 Å². The van der Waals surface area contributed by atoms with Crippen LogP contribution in [-0.4, -0.2) is 7.11 Å². The standard InChI is InChI=1S/C17H21ClN2O/c1-10-7-13(18)5-6-14(10)17(20-19)15-8-12(3)16(21-4)9-11(15)2/h5-9,17,20H,19H2,1-4H3. The van der Waals surface area contributed by atoms with Gasteiger partial charge in [-0.3, -0.25) is 5.84 Å². The monoisotopic (exact) mass is 304 g/mol. The van der Waals surface area contributed by atoms with Crippen molar-refractivity contribution in [3.63, 3.8) is 0 Å². The fourth-order valence-corrected chi connectivity index (χ4v) is 2.88. The van der Waals surface area contributed by atoms with Gasteiger partial charge >= 0.3 is 0 Å². The molecule has 1 atom stereocenters. The zero-order valence-electron chi connectivity index (χ0n) is 12.8. The van der Waals surface area contributed by atoms with E-state index in [0.717, 1.165) is 38.6 Å². The van der Waals surface area contributed by atoms with Crippen LogP contribution < -0.4 is 16.0 Å². The summed E-state index contributed by atoms with van der Waals surface area (Å²) in [7, 11) is 1.68. The number of ether oxygens (including phenoxy) is 1. The summed E-state index contributed by atoms with van der Waals surface area (Å²) in [6.07, 6.45) is 0. The van der Waals surface area contributed by atoms with Gasteiger partial charge in [0, 0.05) is 5.02 Å². The van der Waals surface area contributed by atoms with E-state index in [4.69, 9.17) is 22.2 Å². The molecule has 1 unspecified atom stereocenters. The van der Waals surface area contributed by atoms with E-state index in [0.29, 0.717) is 0 Å². The summed E-state index contributed by atoms with van der Waals surface area (Å²) in [6.45, 7) is 6.13. The van der Waals surface area contributed by atoms with Gasteiger partial charge in [-0.05, 0) is 66.8 Å². The van der Waals surface area contributed by atoms with Crippen molar-refractivity contribution in [2.45, 2.75) is 26.8 Å². The molecule has 3 N–H and O–H groups in total. The normalized spacial score (nSPS) is 12.3. The predicted molar refractivity (Wildman–Crippen MR) is 87.8 cm³/mol. The Hall–Kier alpha value is -1.55. The van der Waals surface area contributed by atoms with Gasteiger partial charge in [0.25, 0.3) is 0 Å². The van der Waals surface area contributed by atoms with Crippen molar-refractivity contribution in [2.24, 2.45) is 5.84 Å². The molecule has 0 bridgehead atoms. The molecule has 2 aromatic rings. The third kappa shape index (κ3) is 3.21. The average Bonchev–Trinajstić information content (AvgIpc) is 2.45. The van der Waals surface area contributed by atoms with Gasteiger partial charge in [0.05, 0.1) is 13.2 Å². The minimum atomic E-state index is -0.0770. The van der Waals surface area contributed by atoms with Crippen molar-refractivity contribution in [3.8, 4) is 5.75 Å². The molecule has 4 heteroatoms. The summed E-state index contributed by atoms with van der Waals surface area (Å²) in [5.74, 6) is 6.71. The number of methoxy groups -OCH3 is 1. The molecule has 0 aliphatic heterocycles. The van der Waals surface area contributed by atoms with Crippen molar-refractivity contribution in [2.75, 3.05) is 7.11 Å². The number of rotatable bonds is 4. The van der Waals surface area contributed by atoms with Crippen LogP contribution in [0.25, 0.3) is 0 Å². The van der Waals surface area contributed by atoms with Crippen LogP contribution >= 0.6 is 11.6 Å². The highest BCUT2D eigenvalue weighted by Crippen LogP contribution is 2.32. The van der Waals surface area contributed by atoms with Gasteiger partial charge in [0.2, 0.25) is 0 Å². The Labute approximate surface area is 131 Å². The van der Waals surface area contributed by atoms with Gasteiger partial charge in [-0.25, -0.2) is 5.43 Å². The van der Waals surface area contributed by atoms with E-state index in [9.17, 15) is 0 Å². The number of aryl methyl sites for hydroxylation is 3. The fourth-order valence-electron chi connectivity index (χ4n) is 2.65. The minimum Gasteiger partial charge on any atom is -0.496 e. The number of halogens is 1. The lowest BCUT2D eigenvalue weighted by molar-refractivity contribution is 0.411. The van der Waals surface area contributed by atoms with Crippen molar-refractivity contribution in [1.29, 1.82) is 0 Å². The summed E-state index contributed by atoms with van der Waals surface area (Å²) in [4.78, 5) is 0. The first-order valence-corrected chi connectivity index (χ1v) is 7.23. The van der Waals surface area contributed by atoms with Crippen LogP contribution in [0.1, 0.15) is 33.9 Å². The molecule has 0 saturated heterocycles. The number of nitrogens with one attached hydrogen (secondary N) is 1. The van der Waals surface area contributed by atoms with E-state index in [1.165, 1.54) is 0 Å². The van der Waals surface area contributed by atoms with E-state index >= 15 is 0 Å². The Morgan fingerprint density at radius 2 is 1.67 bits per heavy atom. The highest BCUT2D eigenvalue weighted by molar-refractivity contribution is 6.30. The minimum absolute atomic E-state index is 0.0770. The van der Waals surface area contributed by atoms with Crippen LogP contribution in [0.3, 0.4) is 0 Å². The maximum absolute atomic E-state index is 6.04. The first-order valence-electron chi connectivity index (χ1n) is 6.85. The molecule has 0 radical (unpaired) electrons. The molecule has 0 fully saturated rings. The summed E-state index contributed by atoms with van der Waals surface area (Å²) < 4.78 is 5.37. The first-order chi connectivity index (χ1) is 9.97. The molecular weight excluding hydrogens is 284 g/mol. The third-order valence-electron chi connectivity index (χ3n) is 3.80. The number of hydrogen-bond donors (Lipinski definition) is 2. The Morgan fingerprint density at radius 3 is 2.24 bits per heavy atom. The zero-order chi connectivity index (χ0) is 15.6. The van der Waals surface area contributed by atoms with E-state index in [1.54, 1.807) is 7.11 Å². The summed E-state index contributed by atoms with van der Waals surface area (Å²) in [6, 6.07) is 9.94. The first kappa shape index (κ1) is 15.8. The highest BCUT2D eigenvalue weighted by atomic mass is 35.5. The van der Waals surface area contributed by atoms with Gasteiger partial charge in [-0.1, -0.05) is 23.7 Å². The smallest absolute Gasteiger partial charge is 0.122 e. The second-order valence-electron chi connectivity index (χ2n) is 5.28. The van der Waals surface area contributed by atoms with Gasteiger partial charge in [0.15, 0.2) is 0 Å². The third-order valence-corrected chi connectivity index (χ3v) is 4.04. The maximum atomic E-state index is 6.04. The van der Waals surface area contributed by atoms with Crippen LogP contribution in [0, 0.1) is 20.8 Å². The van der Waals surface area contributed by atoms with E-state index < -0.39 is 0 Å². The second kappa shape index (κ2) is 6.48. The number of hydrogen-bond acceptors (Lipinski definition) is 3. The number of hydrazine groups is 1. The Morgan fingerprint density at radius 1 is 1.00 bits per heavy atom. The fraction of sp³-hybridized carbons (Fsp3) is 0.294. The molecule has 112 valence electrons. The number of benzene rings is 2. The molecule has 21 heavy (non-hydrogen) atoms. The summed E-state index contributed by atoms with van der Waals surface area (Å²) >= 11 is 6.04. The van der Waals surface area contributed by atoms with Crippen molar-refractivity contribution < 1.29 is 4.74 Å². The van der Waals surface area contributed by atoms with E-state index in [2.05, 4.69) is 18.4 Å². The molecule has 0 saturated carbocycles. The van der Waals surface area contributed by atoms with Crippen LogP contribution in [-0.2, 0) is 0 Å². The number of nitrogens with two attached hydrogens (primary N) is 1. The molecule has 0 aliphatic rings. The van der Waals surface area contributed by atoms with Gasteiger partial charge in [-0.2, -0.15) is 0 Å². The van der Waals surface area contributed by atoms with Crippen LogP contribution in [0.15, 0.2) is 30.3 Å². The van der Waals surface area contributed by atoms with Crippen molar-refractivity contribution >= 4 is 11.6 Å². The van der Waals surface area contributed by atoms with E-state index in [1.807, 2.05) is 38.1 Å². The summed E-state index contributed by atoms with van der Waals surface area (Å²) in [5, 5.41) is 0.731. The molecular formula is C17H21ClN2O. The summed E-state index contributed by atoms with van der Waals surface area (Å²) in [5.41, 5.74) is 8.51. The van der Waals surface area contributed by atoms with Crippen LogP contribution in [0.4, 0.5) is 0 Å². The average molecular weight is 305 g/mol.